The van der Waals surface area contributed by atoms with Crippen LogP contribution in [0.1, 0.15) is 27.2 Å². The van der Waals surface area contributed by atoms with E-state index in [9.17, 15) is 9.36 Å². The van der Waals surface area contributed by atoms with Gasteiger partial charge in [0.15, 0.2) is 0 Å². The number of hydrogen-bond donors (Lipinski definition) is 0. The molecule has 0 radical (unpaired) electrons. The van der Waals surface area contributed by atoms with Gasteiger partial charge in [-0.1, -0.05) is 6.92 Å². The number of rotatable bonds is 8. The molecule has 0 spiro atoms. The molecule has 90 valence electrons. The van der Waals surface area contributed by atoms with Crippen molar-refractivity contribution in [1.82, 2.24) is 0 Å². The van der Waals surface area contributed by atoms with Crippen molar-refractivity contribution in [3.05, 3.63) is 0 Å². The Labute approximate surface area is 90.6 Å². The number of hydrogen-bond acceptors (Lipinski definition) is 5. The average molecular weight is 238 g/mol. The maximum atomic E-state index is 11.8. The Kier molecular flexibility index (Phi) is 7.65. The lowest BCUT2D eigenvalue weighted by molar-refractivity contribution is -0.140. The highest BCUT2D eigenvalue weighted by molar-refractivity contribution is 7.54. The van der Waals surface area contributed by atoms with Crippen LogP contribution in [-0.2, 0) is 23.1 Å². The molecule has 0 amide bonds. The highest BCUT2D eigenvalue weighted by Crippen LogP contribution is 2.47. The van der Waals surface area contributed by atoms with Gasteiger partial charge in [-0.15, -0.1) is 0 Å². The Balaban J connectivity index is 4.15. The molecule has 5 nitrogen and oxygen atoms in total. The van der Waals surface area contributed by atoms with Crippen LogP contribution in [-0.4, -0.2) is 32.0 Å². The first-order chi connectivity index (χ1) is 7.08. The zero-order chi connectivity index (χ0) is 11.7. The fourth-order valence-electron chi connectivity index (χ4n) is 0.942. The summed E-state index contributed by atoms with van der Waals surface area (Å²) in [4.78, 5) is 11.2. The Morgan fingerprint density at radius 3 is 2.07 bits per heavy atom. The molecule has 0 heterocycles. The summed E-state index contributed by atoms with van der Waals surface area (Å²) >= 11 is 0. The summed E-state index contributed by atoms with van der Waals surface area (Å²) in [5.74, 6) is -0.540. The van der Waals surface area contributed by atoms with Crippen LogP contribution in [0.3, 0.4) is 0 Å². The van der Waals surface area contributed by atoms with Crippen molar-refractivity contribution in [2.24, 2.45) is 0 Å². The largest absolute Gasteiger partial charge is 0.465 e. The van der Waals surface area contributed by atoms with E-state index in [1.807, 2.05) is 6.92 Å². The Morgan fingerprint density at radius 2 is 1.67 bits per heavy atom. The minimum Gasteiger partial charge on any atom is -0.465 e. The predicted octanol–water partition coefficient (Wildman–Crippen LogP) is 2.21. The van der Waals surface area contributed by atoms with Gasteiger partial charge in [-0.2, -0.15) is 0 Å². The number of carbonyl (C=O) groups is 1. The van der Waals surface area contributed by atoms with E-state index in [1.54, 1.807) is 13.8 Å². The second-order valence-electron chi connectivity index (χ2n) is 2.83. The van der Waals surface area contributed by atoms with E-state index >= 15 is 0 Å². The molecule has 15 heavy (non-hydrogen) atoms. The maximum Gasteiger partial charge on any atom is 0.341 e. The molecule has 6 heteroatoms. The topological polar surface area (TPSA) is 61.8 Å². The average Bonchev–Trinajstić information content (AvgIpc) is 2.15. The molecule has 0 aromatic rings. The fraction of sp³-hybridized carbons (Fsp3) is 0.889. The SMILES string of the molecule is CCCOC(=O)CP(=O)(OCC)OCC. The molecule has 0 fully saturated rings. The molecule has 0 atom stereocenters. The summed E-state index contributed by atoms with van der Waals surface area (Å²) in [7, 11) is -3.29. The van der Waals surface area contributed by atoms with Crippen molar-refractivity contribution in [2.75, 3.05) is 26.0 Å². The molecule has 0 aliphatic rings. The Bertz CT molecular complexity index is 219. The molecule has 0 bridgehead atoms. The molecule has 0 saturated heterocycles. The van der Waals surface area contributed by atoms with Gasteiger partial charge in [0.05, 0.1) is 19.8 Å². The smallest absolute Gasteiger partial charge is 0.341 e. The summed E-state index contributed by atoms with van der Waals surface area (Å²) in [6.07, 6.45) is 0.425. The summed E-state index contributed by atoms with van der Waals surface area (Å²) in [5, 5.41) is 0. The van der Waals surface area contributed by atoms with Crippen LogP contribution in [0.25, 0.3) is 0 Å². The van der Waals surface area contributed by atoms with Gasteiger partial charge in [0.25, 0.3) is 0 Å². The maximum absolute atomic E-state index is 11.8. The third kappa shape index (κ3) is 6.66. The van der Waals surface area contributed by atoms with Crippen molar-refractivity contribution in [1.29, 1.82) is 0 Å². The highest BCUT2D eigenvalue weighted by Gasteiger charge is 2.28. The lowest BCUT2D eigenvalue weighted by atomic mass is 10.5. The minimum atomic E-state index is -3.29. The van der Waals surface area contributed by atoms with Gasteiger partial charge in [-0.3, -0.25) is 9.36 Å². The fourth-order valence-corrected chi connectivity index (χ4v) is 2.39. The number of carbonyl (C=O) groups excluding carboxylic acids is 1. The first kappa shape index (κ1) is 14.6. The zero-order valence-electron chi connectivity index (χ0n) is 9.52. The van der Waals surface area contributed by atoms with Gasteiger partial charge in [-0.05, 0) is 20.3 Å². The molecule has 0 aliphatic heterocycles. The van der Waals surface area contributed by atoms with Crippen molar-refractivity contribution < 1.29 is 23.1 Å². The van der Waals surface area contributed by atoms with Crippen molar-refractivity contribution in [2.45, 2.75) is 27.2 Å². The predicted molar refractivity (Wildman–Crippen MR) is 57.0 cm³/mol. The van der Waals surface area contributed by atoms with Crippen LogP contribution in [0.5, 0.6) is 0 Å². The molecular weight excluding hydrogens is 219 g/mol. The first-order valence-electron chi connectivity index (χ1n) is 5.11. The van der Waals surface area contributed by atoms with E-state index < -0.39 is 13.6 Å². The van der Waals surface area contributed by atoms with Crippen molar-refractivity contribution in [3.63, 3.8) is 0 Å². The second-order valence-corrected chi connectivity index (χ2v) is 4.88. The Morgan fingerprint density at radius 1 is 1.13 bits per heavy atom. The lowest BCUT2D eigenvalue weighted by Crippen LogP contribution is -2.13. The monoisotopic (exact) mass is 238 g/mol. The summed E-state index contributed by atoms with van der Waals surface area (Å²) < 4.78 is 26.6. The molecule has 0 aromatic carbocycles. The summed E-state index contributed by atoms with van der Waals surface area (Å²) in [6, 6.07) is 0. The van der Waals surface area contributed by atoms with E-state index in [1.165, 1.54) is 0 Å². The molecule has 0 aliphatic carbocycles. The van der Waals surface area contributed by atoms with Gasteiger partial charge >= 0.3 is 13.6 Å². The summed E-state index contributed by atoms with van der Waals surface area (Å²) in [5.41, 5.74) is 0. The van der Waals surface area contributed by atoms with E-state index in [2.05, 4.69) is 0 Å². The molecular formula is C9H19O5P. The van der Waals surface area contributed by atoms with Crippen LogP contribution in [0.2, 0.25) is 0 Å². The lowest BCUT2D eigenvalue weighted by Gasteiger charge is -2.15. The first-order valence-corrected chi connectivity index (χ1v) is 6.84. The van der Waals surface area contributed by atoms with Gasteiger partial charge in [0, 0.05) is 0 Å². The van der Waals surface area contributed by atoms with Gasteiger partial charge in [0.2, 0.25) is 0 Å². The number of esters is 1. The second kappa shape index (κ2) is 7.85. The third-order valence-corrected chi connectivity index (χ3v) is 3.39. The van der Waals surface area contributed by atoms with E-state index in [0.29, 0.717) is 6.61 Å². The molecule has 0 rings (SSSR count). The van der Waals surface area contributed by atoms with Crippen LogP contribution in [0.15, 0.2) is 0 Å². The molecule has 0 saturated carbocycles. The van der Waals surface area contributed by atoms with Crippen molar-refractivity contribution >= 4 is 13.6 Å². The van der Waals surface area contributed by atoms with E-state index in [-0.39, 0.29) is 19.4 Å². The van der Waals surface area contributed by atoms with Gasteiger partial charge in [0.1, 0.15) is 6.16 Å². The quantitative estimate of drug-likeness (QED) is 0.479. The van der Waals surface area contributed by atoms with Crippen LogP contribution in [0.4, 0.5) is 0 Å². The number of ether oxygens (including phenoxy) is 1. The van der Waals surface area contributed by atoms with Gasteiger partial charge in [-0.25, -0.2) is 0 Å². The van der Waals surface area contributed by atoms with Crippen LogP contribution < -0.4 is 0 Å². The van der Waals surface area contributed by atoms with Crippen LogP contribution >= 0.6 is 7.60 Å². The standard InChI is InChI=1S/C9H19O5P/c1-4-7-12-9(10)8-15(11,13-5-2)14-6-3/h4-8H2,1-3H3. The normalized spacial score (nSPS) is 11.4. The Hall–Kier alpha value is -0.380. The summed E-state index contributed by atoms with van der Waals surface area (Å²) in [6.45, 7) is 6.11. The van der Waals surface area contributed by atoms with Crippen LogP contribution in [0, 0.1) is 0 Å². The van der Waals surface area contributed by atoms with Crippen molar-refractivity contribution in [3.8, 4) is 0 Å². The molecule has 0 N–H and O–H groups in total. The molecule has 0 aromatic heterocycles. The van der Waals surface area contributed by atoms with E-state index in [4.69, 9.17) is 13.8 Å². The minimum absolute atomic E-state index is 0.248. The van der Waals surface area contributed by atoms with Gasteiger partial charge < -0.3 is 13.8 Å². The highest BCUT2D eigenvalue weighted by atomic mass is 31.2. The molecule has 0 unspecified atom stereocenters. The third-order valence-electron chi connectivity index (χ3n) is 1.44. The van der Waals surface area contributed by atoms with E-state index in [0.717, 1.165) is 6.42 Å². The zero-order valence-corrected chi connectivity index (χ0v) is 10.4.